The van der Waals surface area contributed by atoms with Crippen LogP contribution in [0.5, 0.6) is 0 Å². The van der Waals surface area contributed by atoms with Crippen LogP contribution in [0.15, 0.2) is 42.5 Å². The van der Waals surface area contributed by atoms with E-state index < -0.39 is 5.92 Å². The molecule has 2 aliphatic heterocycles. The van der Waals surface area contributed by atoms with Crippen LogP contribution in [0.2, 0.25) is 5.15 Å². The van der Waals surface area contributed by atoms with Crippen LogP contribution >= 0.6 is 11.6 Å². The molecule has 6 rings (SSSR count). The van der Waals surface area contributed by atoms with Gasteiger partial charge in [0.2, 0.25) is 11.8 Å². The van der Waals surface area contributed by atoms with Crippen molar-refractivity contribution in [3.8, 4) is 0 Å². The number of aromatic amines is 1. The number of alkyl halides is 2. The van der Waals surface area contributed by atoms with E-state index in [0.717, 1.165) is 44.3 Å². The van der Waals surface area contributed by atoms with E-state index in [1.807, 2.05) is 12.1 Å². The number of pyridine rings is 1. The van der Waals surface area contributed by atoms with Gasteiger partial charge in [-0.1, -0.05) is 30.3 Å². The Balaban J connectivity index is 1.30. The van der Waals surface area contributed by atoms with E-state index in [1.165, 1.54) is 11.1 Å². The van der Waals surface area contributed by atoms with E-state index in [1.54, 1.807) is 0 Å². The number of carbonyl (C=O) groups is 1. The van der Waals surface area contributed by atoms with Gasteiger partial charge in [0.15, 0.2) is 5.69 Å². The minimum Gasteiger partial charge on any atom is -0.339 e. The van der Waals surface area contributed by atoms with Crippen LogP contribution in [-0.4, -0.2) is 42.4 Å². The number of carbonyl (C=O) groups excluding carboxylic acids is 1. The van der Waals surface area contributed by atoms with Crippen molar-refractivity contribution in [2.45, 2.75) is 81.1 Å². The average Bonchev–Trinajstić information content (AvgIpc) is 3.32. The second kappa shape index (κ2) is 9.92. The van der Waals surface area contributed by atoms with Crippen molar-refractivity contribution in [1.82, 2.24) is 10.2 Å². The normalized spacial score (nSPS) is 31.9. The molecule has 4 atom stereocenters. The van der Waals surface area contributed by atoms with Gasteiger partial charge in [-0.15, -0.1) is 0 Å². The third-order valence-corrected chi connectivity index (χ3v) is 10.1. The second-order valence-corrected chi connectivity index (χ2v) is 12.2. The van der Waals surface area contributed by atoms with E-state index in [0.29, 0.717) is 37.0 Å². The molecule has 1 spiro atoms. The Labute approximate surface area is 223 Å². The fourth-order valence-electron chi connectivity index (χ4n) is 7.91. The summed E-state index contributed by atoms with van der Waals surface area (Å²) in [6.07, 6.45) is 5.57. The maximum atomic E-state index is 14.5. The van der Waals surface area contributed by atoms with Gasteiger partial charge in [-0.3, -0.25) is 4.79 Å². The van der Waals surface area contributed by atoms with Crippen LogP contribution in [0.25, 0.3) is 0 Å². The summed E-state index contributed by atoms with van der Waals surface area (Å²) in [5.41, 5.74) is 3.42. The summed E-state index contributed by atoms with van der Waals surface area (Å²) in [6, 6.07) is 14.5. The molecule has 3 fully saturated rings. The highest BCUT2D eigenvalue weighted by Crippen LogP contribution is 2.48. The predicted octanol–water partition coefficient (Wildman–Crippen LogP) is 5.55. The van der Waals surface area contributed by atoms with Crippen molar-refractivity contribution < 1.29 is 18.6 Å². The Morgan fingerprint density at radius 1 is 1.05 bits per heavy atom. The van der Waals surface area contributed by atoms with Crippen molar-refractivity contribution in [2.24, 2.45) is 11.8 Å². The van der Waals surface area contributed by atoms with Crippen molar-refractivity contribution in [2.75, 3.05) is 19.6 Å². The summed E-state index contributed by atoms with van der Waals surface area (Å²) in [6.45, 7) is 2.14. The Morgan fingerprint density at radius 2 is 1.84 bits per heavy atom. The van der Waals surface area contributed by atoms with Crippen molar-refractivity contribution in [3.63, 3.8) is 0 Å². The summed E-state index contributed by atoms with van der Waals surface area (Å²) >= 11 is 6.28. The first-order valence-corrected chi connectivity index (χ1v) is 14.4. The van der Waals surface area contributed by atoms with Gasteiger partial charge < -0.3 is 10.2 Å². The largest absolute Gasteiger partial charge is 0.339 e. The lowest BCUT2D eigenvalue weighted by Gasteiger charge is -2.48. The Kier molecular flexibility index (Phi) is 6.77. The Hall–Kier alpha value is -2.05. The van der Waals surface area contributed by atoms with Gasteiger partial charge in [0.1, 0.15) is 0 Å². The Morgan fingerprint density at radius 3 is 2.62 bits per heavy atom. The smallest absolute Gasteiger partial charge is 0.273 e. The molecular weight excluding hydrogens is 492 g/mol. The third-order valence-electron chi connectivity index (χ3n) is 9.84. The summed E-state index contributed by atoms with van der Waals surface area (Å²) in [4.78, 5) is 20.0. The fraction of sp³-hybridized carbons (Fsp3) is 0.600. The molecule has 1 saturated carbocycles. The molecule has 1 aromatic heterocycles. The molecule has 1 amide bonds. The van der Waals surface area contributed by atoms with Crippen molar-refractivity contribution >= 4 is 17.5 Å². The van der Waals surface area contributed by atoms with E-state index in [-0.39, 0.29) is 42.0 Å². The predicted molar refractivity (Wildman–Crippen MR) is 140 cm³/mol. The van der Waals surface area contributed by atoms with E-state index in [9.17, 15) is 13.6 Å². The number of likely N-dealkylation sites (tertiary alicyclic amines) is 1. The summed E-state index contributed by atoms with van der Waals surface area (Å²) in [7, 11) is 0. The zero-order valence-corrected chi connectivity index (χ0v) is 22.1. The number of H-pyrrole nitrogens is 1. The zero-order chi connectivity index (χ0) is 25.6. The lowest BCUT2D eigenvalue weighted by molar-refractivity contribution is -0.390. The van der Waals surface area contributed by atoms with E-state index in [2.05, 4.69) is 45.5 Å². The van der Waals surface area contributed by atoms with E-state index in [4.69, 9.17) is 11.6 Å². The number of amides is 1. The minimum atomic E-state index is -2.57. The molecule has 0 radical (unpaired) electrons. The minimum absolute atomic E-state index is 0.0139. The number of benzene rings is 1. The molecule has 198 valence electrons. The molecule has 7 heteroatoms. The monoisotopic (exact) mass is 528 g/mol. The number of halogens is 3. The zero-order valence-electron chi connectivity index (χ0n) is 21.3. The lowest BCUT2D eigenvalue weighted by Crippen LogP contribution is -2.55. The highest BCUT2D eigenvalue weighted by Gasteiger charge is 2.54. The first kappa shape index (κ1) is 25.2. The van der Waals surface area contributed by atoms with Gasteiger partial charge in [-0.25, -0.2) is 8.78 Å². The van der Waals surface area contributed by atoms with Gasteiger partial charge >= 0.3 is 0 Å². The third kappa shape index (κ3) is 4.69. The Bertz CT molecular complexity index is 1130. The number of aromatic nitrogens is 1. The second-order valence-electron chi connectivity index (χ2n) is 11.8. The molecule has 2 N–H and O–H groups in total. The first-order valence-electron chi connectivity index (χ1n) is 14.0. The molecule has 3 heterocycles. The number of piperidine rings is 1. The molecule has 2 saturated heterocycles. The van der Waals surface area contributed by atoms with Gasteiger partial charge in [-0.2, -0.15) is 4.98 Å². The summed E-state index contributed by atoms with van der Waals surface area (Å²) in [5.74, 6) is -2.02. The number of rotatable bonds is 3. The number of nitrogens with zero attached hydrogens (tertiary/aromatic N) is 1. The lowest BCUT2D eigenvalue weighted by atomic mass is 9.64. The summed E-state index contributed by atoms with van der Waals surface area (Å²) < 4.78 is 28.2. The van der Waals surface area contributed by atoms with Crippen LogP contribution in [-0.2, 0) is 16.6 Å². The molecule has 4 aliphatic rings. The molecular formula is C30H37ClF2N3O+. The highest BCUT2D eigenvalue weighted by atomic mass is 35.5. The topological polar surface area (TPSA) is 46.5 Å². The molecule has 4 nitrogen and oxygen atoms in total. The quantitative estimate of drug-likeness (QED) is 0.531. The number of nitrogens with one attached hydrogen (secondary N) is 2. The molecule has 2 aromatic rings. The van der Waals surface area contributed by atoms with E-state index >= 15 is 0 Å². The van der Waals surface area contributed by atoms with Gasteiger partial charge in [0, 0.05) is 62.0 Å². The van der Waals surface area contributed by atoms with Crippen molar-refractivity contribution in [3.05, 3.63) is 64.4 Å². The fourth-order valence-corrected chi connectivity index (χ4v) is 8.09. The molecule has 37 heavy (non-hydrogen) atoms. The maximum Gasteiger partial charge on any atom is 0.273 e. The molecule has 2 aliphatic carbocycles. The van der Waals surface area contributed by atoms with Crippen molar-refractivity contribution in [1.29, 1.82) is 0 Å². The summed E-state index contributed by atoms with van der Waals surface area (Å²) in [5, 5.41) is 4.18. The van der Waals surface area contributed by atoms with Crippen LogP contribution in [0.4, 0.5) is 8.78 Å². The van der Waals surface area contributed by atoms with Crippen LogP contribution in [0.3, 0.4) is 0 Å². The highest BCUT2D eigenvalue weighted by molar-refractivity contribution is 6.28. The number of aryl methyl sites for hydroxylation is 1. The van der Waals surface area contributed by atoms with Gasteiger partial charge in [0.25, 0.3) is 5.15 Å². The SMILES string of the molecule is O=C([C@@H]1CNC[C@]12CCCc1[nH+]c(Cl)ccc12)N1CC[C@@H](c2ccccc2)C[C@H]1C1CCC(F)(F)CC1. The molecule has 1 aromatic carbocycles. The number of hydrogen-bond acceptors (Lipinski definition) is 2. The van der Waals surface area contributed by atoms with Crippen LogP contribution < -0.4 is 10.3 Å². The first-order chi connectivity index (χ1) is 17.9. The molecule has 0 unspecified atom stereocenters. The van der Waals surface area contributed by atoms with Gasteiger partial charge in [-0.05, 0) is 73.6 Å². The number of hydrogen-bond donors (Lipinski definition) is 1. The van der Waals surface area contributed by atoms with Gasteiger partial charge in [0.05, 0.1) is 5.92 Å². The average molecular weight is 529 g/mol. The maximum absolute atomic E-state index is 14.5. The molecule has 0 bridgehead atoms. The standard InChI is InChI=1S/C30H36ClF2N3O/c31-27-9-8-23-25(35-27)7-4-13-29(23)19-34-18-24(29)28(37)36-16-12-22(20-5-2-1-3-6-20)17-26(36)21-10-14-30(32,33)15-11-21/h1-3,5-6,8-9,21-22,24,26,34H,4,7,10-19H2/p+1/t22-,24+,26+,29+/m1/s1. The van der Waals surface area contributed by atoms with Crippen LogP contribution in [0.1, 0.15) is 74.1 Å². The van der Waals surface area contributed by atoms with Crippen LogP contribution in [0, 0.1) is 11.8 Å². The number of fused-ring (bicyclic) bond motifs is 2.